The van der Waals surface area contributed by atoms with Crippen LogP contribution < -0.4 is 0 Å². The molecule has 0 rings (SSSR count). The van der Waals surface area contributed by atoms with Gasteiger partial charge in [0, 0.05) is 12.6 Å². The third-order valence-electron chi connectivity index (χ3n) is 1.97. The Morgan fingerprint density at radius 2 is 1.88 bits per heavy atom. The maximum atomic E-state index is 11.8. The number of aliphatic carboxylic acids is 1. The number of carbonyl (C=O) groups is 2. The Hall–Kier alpha value is -1.30. The molecular weight excluding hydrogens is 226 g/mol. The number of carboxylic acids is 1. The molecule has 6 heteroatoms. The van der Waals surface area contributed by atoms with Crippen molar-refractivity contribution in [2.45, 2.75) is 45.8 Å². The van der Waals surface area contributed by atoms with E-state index in [1.165, 1.54) is 4.90 Å². The highest BCUT2D eigenvalue weighted by Gasteiger charge is 2.26. The quantitative estimate of drug-likeness (QED) is 0.759. The monoisotopic (exact) mass is 247 g/mol. The second-order valence-corrected chi connectivity index (χ2v) is 4.84. The van der Waals surface area contributed by atoms with Crippen molar-refractivity contribution in [3.8, 4) is 0 Å². The third kappa shape index (κ3) is 6.78. The van der Waals surface area contributed by atoms with Crippen LogP contribution in [0.3, 0.4) is 0 Å². The van der Waals surface area contributed by atoms with E-state index in [4.69, 9.17) is 14.9 Å². The molecule has 0 radical (unpaired) electrons. The molecule has 0 aromatic heterocycles. The first-order valence-electron chi connectivity index (χ1n) is 5.49. The summed E-state index contributed by atoms with van der Waals surface area (Å²) in [5.74, 6) is -0.996. The van der Waals surface area contributed by atoms with Gasteiger partial charge in [0.25, 0.3) is 0 Å². The van der Waals surface area contributed by atoms with E-state index >= 15 is 0 Å². The summed E-state index contributed by atoms with van der Waals surface area (Å²) in [7, 11) is 0. The average molecular weight is 247 g/mol. The topological polar surface area (TPSA) is 87.1 Å². The minimum absolute atomic E-state index is 0.0589. The van der Waals surface area contributed by atoms with E-state index in [-0.39, 0.29) is 19.6 Å². The van der Waals surface area contributed by atoms with Gasteiger partial charge in [-0.2, -0.15) is 0 Å². The summed E-state index contributed by atoms with van der Waals surface area (Å²) in [5.41, 5.74) is -0.645. The Balaban J connectivity index is 4.60. The Labute approximate surface area is 101 Å². The molecule has 1 unspecified atom stereocenters. The van der Waals surface area contributed by atoms with Crippen LogP contribution in [0, 0.1) is 0 Å². The van der Waals surface area contributed by atoms with Gasteiger partial charge in [-0.25, -0.2) is 4.79 Å². The van der Waals surface area contributed by atoms with E-state index in [1.807, 2.05) is 0 Å². The molecule has 0 fully saturated rings. The minimum atomic E-state index is -0.996. The Morgan fingerprint density at radius 1 is 1.35 bits per heavy atom. The lowest BCUT2D eigenvalue weighted by Crippen LogP contribution is -2.44. The molecule has 1 amide bonds. The molecule has 17 heavy (non-hydrogen) atoms. The van der Waals surface area contributed by atoms with Gasteiger partial charge in [0.2, 0.25) is 0 Å². The van der Waals surface area contributed by atoms with Crippen molar-refractivity contribution >= 4 is 12.1 Å². The van der Waals surface area contributed by atoms with Gasteiger partial charge in [-0.05, 0) is 27.7 Å². The van der Waals surface area contributed by atoms with Crippen molar-refractivity contribution in [1.29, 1.82) is 0 Å². The largest absolute Gasteiger partial charge is 0.481 e. The molecule has 0 spiro atoms. The maximum Gasteiger partial charge on any atom is 0.410 e. The average Bonchev–Trinajstić information content (AvgIpc) is 2.09. The van der Waals surface area contributed by atoms with Crippen LogP contribution in [-0.4, -0.2) is 52.0 Å². The fraction of sp³-hybridized carbons (Fsp3) is 0.818. The van der Waals surface area contributed by atoms with Crippen molar-refractivity contribution < 1.29 is 24.5 Å². The van der Waals surface area contributed by atoms with Crippen LogP contribution in [0.15, 0.2) is 0 Å². The molecule has 0 aliphatic heterocycles. The lowest BCUT2D eigenvalue weighted by atomic mass is 10.2. The van der Waals surface area contributed by atoms with Crippen molar-refractivity contribution in [2.24, 2.45) is 0 Å². The molecule has 6 nitrogen and oxygen atoms in total. The number of ether oxygens (including phenoxy) is 1. The number of amides is 1. The molecule has 0 aliphatic rings. The molecule has 0 heterocycles. The van der Waals surface area contributed by atoms with Crippen molar-refractivity contribution in [3.63, 3.8) is 0 Å². The van der Waals surface area contributed by atoms with E-state index in [2.05, 4.69) is 0 Å². The molecule has 100 valence electrons. The SMILES string of the molecule is CC(CC(=O)O)N(CCO)C(=O)OC(C)(C)C. The van der Waals surface area contributed by atoms with Gasteiger partial charge in [-0.3, -0.25) is 4.79 Å². The molecule has 0 aliphatic carbocycles. The fourth-order valence-electron chi connectivity index (χ4n) is 1.28. The highest BCUT2D eigenvalue weighted by atomic mass is 16.6. The second-order valence-electron chi connectivity index (χ2n) is 4.84. The summed E-state index contributed by atoms with van der Waals surface area (Å²) in [6, 6.07) is -0.519. The number of aliphatic hydroxyl groups is 1. The minimum Gasteiger partial charge on any atom is -0.481 e. The molecular formula is C11H21NO5. The zero-order chi connectivity index (χ0) is 13.6. The van der Waals surface area contributed by atoms with Crippen LogP contribution in [0.1, 0.15) is 34.1 Å². The smallest absolute Gasteiger partial charge is 0.410 e. The number of aliphatic hydroxyl groups excluding tert-OH is 1. The number of rotatable bonds is 5. The van der Waals surface area contributed by atoms with Crippen LogP contribution in [0.25, 0.3) is 0 Å². The molecule has 0 aromatic carbocycles. The summed E-state index contributed by atoms with van der Waals surface area (Å²) >= 11 is 0. The number of hydrogen-bond acceptors (Lipinski definition) is 4. The number of carbonyl (C=O) groups excluding carboxylic acids is 1. The van der Waals surface area contributed by atoms with Crippen LogP contribution >= 0.6 is 0 Å². The standard InChI is InChI=1S/C11H21NO5/c1-8(7-9(14)15)12(5-6-13)10(16)17-11(2,3)4/h8,13H,5-7H2,1-4H3,(H,14,15). The zero-order valence-electron chi connectivity index (χ0n) is 10.8. The van der Waals surface area contributed by atoms with Crippen LogP contribution in [0.4, 0.5) is 4.79 Å². The molecule has 2 N–H and O–H groups in total. The van der Waals surface area contributed by atoms with E-state index in [1.54, 1.807) is 27.7 Å². The Morgan fingerprint density at radius 3 is 2.24 bits per heavy atom. The number of nitrogens with zero attached hydrogens (tertiary/aromatic N) is 1. The first kappa shape index (κ1) is 15.7. The maximum absolute atomic E-state index is 11.8. The summed E-state index contributed by atoms with van der Waals surface area (Å²) in [5, 5.41) is 17.5. The predicted molar refractivity (Wildman–Crippen MR) is 61.7 cm³/mol. The number of hydrogen-bond donors (Lipinski definition) is 2. The number of carboxylic acid groups (broad SMARTS) is 1. The van der Waals surface area contributed by atoms with E-state index in [0.717, 1.165) is 0 Å². The summed E-state index contributed by atoms with van der Waals surface area (Å²) < 4.78 is 5.14. The first-order chi connectivity index (χ1) is 7.67. The van der Waals surface area contributed by atoms with E-state index in [0.29, 0.717) is 0 Å². The van der Waals surface area contributed by atoms with Crippen molar-refractivity contribution in [3.05, 3.63) is 0 Å². The lowest BCUT2D eigenvalue weighted by molar-refractivity contribution is -0.138. The van der Waals surface area contributed by atoms with E-state index < -0.39 is 23.7 Å². The Kier molecular flexibility index (Phi) is 5.95. The van der Waals surface area contributed by atoms with Crippen LogP contribution in [-0.2, 0) is 9.53 Å². The van der Waals surface area contributed by atoms with Crippen molar-refractivity contribution in [1.82, 2.24) is 4.90 Å². The van der Waals surface area contributed by atoms with Gasteiger partial charge >= 0.3 is 12.1 Å². The van der Waals surface area contributed by atoms with Gasteiger partial charge in [-0.15, -0.1) is 0 Å². The van der Waals surface area contributed by atoms with Gasteiger partial charge < -0.3 is 19.8 Å². The van der Waals surface area contributed by atoms with Gasteiger partial charge in [0.05, 0.1) is 13.0 Å². The summed E-state index contributed by atoms with van der Waals surface area (Å²) in [4.78, 5) is 23.6. The molecule has 0 saturated carbocycles. The normalized spacial score (nSPS) is 13.0. The highest BCUT2D eigenvalue weighted by molar-refractivity contribution is 5.71. The highest BCUT2D eigenvalue weighted by Crippen LogP contribution is 2.13. The predicted octanol–water partition coefficient (Wildman–Crippen LogP) is 1.08. The summed E-state index contributed by atoms with van der Waals surface area (Å²) in [6.07, 6.45) is -0.792. The van der Waals surface area contributed by atoms with Crippen LogP contribution in [0.2, 0.25) is 0 Å². The third-order valence-corrected chi connectivity index (χ3v) is 1.97. The molecule has 1 atom stereocenters. The van der Waals surface area contributed by atoms with Gasteiger partial charge in [0.1, 0.15) is 5.60 Å². The van der Waals surface area contributed by atoms with Crippen molar-refractivity contribution in [2.75, 3.05) is 13.2 Å². The van der Waals surface area contributed by atoms with Gasteiger partial charge in [0.15, 0.2) is 0 Å². The lowest BCUT2D eigenvalue weighted by Gasteiger charge is -2.30. The van der Waals surface area contributed by atoms with Crippen LogP contribution in [0.5, 0.6) is 0 Å². The van der Waals surface area contributed by atoms with Gasteiger partial charge in [-0.1, -0.05) is 0 Å². The second kappa shape index (κ2) is 6.44. The van der Waals surface area contributed by atoms with E-state index in [9.17, 15) is 9.59 Å². The summed E-state index contributed by atoms with van der Waals surface area (Å²) in [6.45, 7) is 6.61. The molecule has 0 bridgehead atoms. The first-order valence-corrected chi connectivity index (χ1v) is 5.49. The molecule has 0 saturated heterocycles. The fourth-order valence-corrected chi connectivity index (χ4v) is 1.28. The molecule has 0 aromatic rings. The zero-order valence-corrected chi connectivity index (χ0v) is 10.8. The Bertz CT molecular complexity index is 272.